The van der Waals surface area contributed by atoms with Gasteiger partial charge in [0.2, 0.25) is 0 Å². The van der Waals surface area contributed by atoms with Crippen molar-refractivity contribution in [3.05, 3.63) is 90.5 Å². The number of benzene rings is 3. The van der Waals surface area contributed by atoms with Gasteiger partial charge in [0, 0.05) is 61.1 Å². The molecule has 5 rings (SSSR count). The van der Waals surface area contributed by atoms with Crippen LogP contribution in [0.25, 0.3) is 27.9 Å². The van der Waals surface area contributed by atoms with E-state index in [4.69, 9.17) is 0 Å². The lowest BCUT2D eigenvalue weighted by Crippen LogP contribution is -2.48. The molecule has 32 heavy (non-hydrogen) atoms. The van der Waals surface area contributed by atoms with Gasteiger partial charge < -0.3 is 9.67 Å². The highest BCUT2D eigenvalue weighted by molar-refractivity contribution is 6.07. The average molecular weight is 426 g/mol. The van der Waals surface area contributed by atoms with E-state index in [-0.39, 0.29) is 0 Å². The lowest BCUT2D eigenvalue weighted by atomic mass is 10.2. The van der Waals surface area contributed by atoms with Crippen molar-refractivity contribution in [1.82, 2.24) is 14.4 Å². The van der Waals surface area contributed by atoms with Gasteiger partial charge in [-0.25, -0.2) is 0 Å². The molecule has 0 amide bonds. The fraction of sp³-hybridized carbons (Fsp3) is 0.286. The average Bonchev–Trinajstić information content (AvgIpc) is 3.15. The Hall–Kier alpha value is -2.92. The Bertz CT molecular complexity index is 1140. The summed E-state index contributed by atoms with van der Waals surface area (Å²) in [5, 5.41) is 13.5. The number of aromatic nitrogens is 1. The van der Waals surface area contributed by atoms with Gasteiger partial charge in [0.25, 0.3) is 0 Å². The van der Waals surface area contributed by atoms with Crippen LogP contribution in [0, 0.1) is 0 Å². The minimum Gasteiger partial charge on any atom is -0.390 e. The van der Waals surface area contributed by atoms with E-state index in [9.17, 15) is 5.11 Å². The zero-order valence-electron chi connectivity index (χ0n) is 18.5. The van der Waals surface area contributed by atoms with E-state index in [1.807, 2.05) is 6.07 Å². The number of hydrogen-bond donors (Lipinski definition) is 1. The van der Waals surface area contributed by atoms with Gasteiger partial charge in [0.1, 0.15) is 0 Å². The first kappa shape index (κ1) is 21.0. The molecule has 0 saturated carbocycles. The number of aliphatic hydroxyl groups is 1. The van der Waals surface area contributed by atoms with Crippen molar-refractivity contribution in [2.45, 2.75) is 12.6 Å². The summed E-state index contributed by atoms with van der Waals surface area (Å²) < 4.78 is 2.28. The molecule has 1 aromatic heterocycles. The number of aliphatic hydroxyl groups excluding tert-OH is 1. The van der Waals surface area contributed by atoms with E-state index in [2.05, 4.69) is 99.3 Å². The van der Waals surface area contributed by atoms with Gasteiger partial charge in [-0.2, -0.15) is 0 Å². The summed E-state index contributed by atoms with van der Waals surface area (Å²) in [6.07, 6.45) is 4.06. The smallest absolute Gasteiger partial charge is 0.0845 e. The Morgan fingerprint density at radius 3 is 1.91 bits per heavy atom. The van der Waals surface area contributed by atoms with Crippen LogP contribution in [0.15, 0.2) is 84.9 Å². The van der Waals surface area contributed by atoms with Crippen molar-refractivity contribution < 1.29 is 5.11 Å². The Kier molecular flexibility index (Phi) is 6.35. The zero-order valence-corrected chi connectivity index (χ0v) is 18.5. The highest BCUT2D eigenvalue weighted by Gasteiger charge is 2.20. The van der Waals surface area contributed by atoms with Gasteiger partial charge in [-0.15, -0.1) is 0 Å². The van der Waals surface area contributed by atoms with Crippen LogP contribution in [-0.2, 0) is 6.54 Å². The van der Waals surface area contributed by atoms with Crippen molar-refractivity contribution in [2.24, 2.45) is 0 Å². The molecule has 1 aliphatic rings. The Morgan fingerprint density at radius 2 is 1.25 bits per heavy atom. The monoisotopic (exact) mass is 425 g/mol. The number of nitrogens with zero attached hydrogens (tertiary/aromatic N) is 3. The first-order valence-corrected chi connectivity index (χ1v) is 11.6. The number of β-amino-alcohol motifs (C(OH)–C–C–N with tert-alkyl or cyclic N) is 1. The molecule has 164 valence electrons. The summed E-state index contributed by atoms with van der Waals surface area (Å²) >= 11 is 0. The molecular formula is C28H31N3O. The van der Waals surface area contributed by atoms with Crippen LogP contribution >= 0.6 is 0 Å². The first-order valence-electron chi connectivity index (χ1n) is 11.6. The second-order valence-corrected chi connectivity index (χ2v) is 8.71. The van der Waals surface area contributed by atoms with Crippen LogP contribution in [0.2, 0.25) is 0 Å². The minimum atomic E-state index is -0.390. The van der Waals surface area contributed by atoms with Gasteiger partial charge in [-0.1, -0.05) is 78.9 Å². The van der Waals surface area contributed by atoms with Gasteiger partial charge in [0.05, 0.1) is 12.6 Å². The normalized spacial score (nSPS) is 16.9. The van der Waals surface area contributed by atoms with Crippen molar-refractivity contribution in [3.63, 3.8) is 0 Å². The summed E-state index contributed by atoms with van der Waals surface area (Å²) in [4.78, 5) is 4.88. The minimum absolute atomic E-state index is 0.390. The molecule has 1 aliphatic heterocycles. The standard InChI is InChI=1S/C28H31N3O/c32-24(22-31-27-14-6-4-12-25(27)26-13-5-7-15-28(26)31)21-30-19-17-29(18-20-30)16-8-11-23-9-2-1-3-10-23/h1-15,24,32H,16-22H2/b11-8+/t24-/m0/s1. The molecule has 1 saturated heterocycles. The van der Waals surface area contributed by atoms with Gasteiger partial charge in [-0.05, 0) is 17.7 Å². The number of para-hydroxylation sites is 2. The fourth-order valence-electron chi connectivity index (χ4n) is 4.82. The third-order valence-electron chi connectivity index (χ3n) is 6.48. The van der Waals surface area contributed by atoms with Crippen LogP contribution in [0.4, 0.5) is 0 Å². The molecular weight excluding hydrogens is 394 g/mol. The highest BCUT2D eigenvalue weighted by Crippen LogP contribution is 2.28. The molecule has 3 aromatic carbocycles. The number of piperazine rings is 1. The molecule has 0 spiro atoms. The third-order valence-corrected chi connectivity index (χ3v) is 6.48. The lowest BCUT2D eigenvalue weighted by molar-refractivity contribution is 0.0688. The molecule has 4 heteroatoms. The van der Waals surface area contributed by atoms with Gasteiger partial charge in [-0.3, -0.25) is 9.80 Å². The molecule has 4 nitrogen and oxygen atoms in total. The van der Waals surface area contributed by atoms with Crippen LogP contribution in [0.3, 0.4) is 0 Å². The van der Waals surface area contributed by atoms with E-state index in [1.165, 1.54) is 27.4 Å². The molecule has 1 fully saturated rings. The fourth-order valence-corrected chi connectivity index (χ4v) is 4.82. The summed E-state index contributed by atoms with van der Waals surface area (Å²) in [6.45, 7) is 6.41. The molecule has 0 bridgehead atoms. The second kappa shape index (κ2) is 9.70. The predicted octanol–water partition coefficient (Wildman–Crippen LogP) is 4.49. The van der Waals surface area contributed by atoms with E-state index in [0.29, 0.717) is 13.1 Å². The SMILES string of the molecule is O[C@@H](CN1CCN(C/C=C/c2ccccc2)CC1)Cn1c2ccccc2c2ccccc21. The van der Waals surface area contributed by atoms with Crippen molar-refractivity contribution in [2.75, 3.05) is 39.3 Å². The molecule has 2 heterocycles. The van der Waals surface area contributed by atoms with E-state index in [0.717, 1.165) is 32.7 Å². The largest absolute Gasteiger partial charge is 0.390 e. The zero-order chi connectivity index (χ0) is 21.8. The van der Waals surface area contributed by atoms with Crippen LogP contribution in [0.5, 0.6) is 0 Å². The van der Waals surface area contributed by atoms with E-state index in [1.54, 1.807) is 0 Å². The first-order chi connectivity index (χ1) is 15.8. The molecule has 0 radical (unpaired) electrons. The van der Waals surface area contributed by atoms with Crippen LogP contribution in [-0.4, -0.2) is 64.8 Å². The Labute approximate surface area is 190 Å². The maximum Gasteiger partial charge on any atom is 0.0845 e. The van der Waals surface area contributed by atoms with Crippen molar-refractivity contribution in [1.29, 1.82) is 0 Å². The molecule has 4 aromatic rings. The van der Waals surface area contributed by atoms with E-state index >= 15 is 0 Å². The maximum absolute atomic E-state index is 10.9. The van der Waals surface area contributed by atoms with Crippen molar-refractivity contribution >= 4 is 27.9 Å². The molecule has 0 unspecified atom stereocenters. The van der Waals surface area contributed by atoms with Crippen molar-refractivity contribution in [3.8, 4) is 0 Å². The van der Waals surface area contributed by atoms with Gasteiger partial charge >= 0.3 is 0 Å². The Balaban J connectivity index is 1.16. The Morgan fingerprint density at radius 1 is 0.688 bits per heavy atom. The summed E-state index contributed by atoms with van der Waals surface area (Å²) in [7, 11) is 0. The topological polar surface area (TPSA) is 31.6 Å². The number of hydrogen-bond acceptors (Lipinski definition) is 3. The molecule has 1 N–H and O–H groups in total. The van der Waals surface area contributed by atoms with Crippen LogP contribution in [0.1, 0.15) is 5.56 Å². The predicted molar refractivity (Wildman–Crippen MR) is 134 cm³/mol. The number of fused-ring (bicyclic) bond motifs is 3. The van der Waals surface area contributed by atoms with Crippen LogP contribution < -0.4 is 0 Å². The summed E-state index contributed by atoms with van der Waals surface area (Å²) in [5.74, 6) is 0. The molecule has 1 atom stereocenters. The quantitative estimate of drug-likeness (QED) is 0.474. The molecule has 0 aliphatic carbocycles. The third kappa shape index (κ3) is 4.63. The lowest BCUT2D eigenvalue weighted by Gasteiger charge is -2.35. The maximum atomic E-state index is 10.9. The summed E-state index contributed by atoms with van der Waals surface area (Å²) in [5.41, 5.74) is 3.64. The summed E-state index contributed by atoms with van der Waals surface area (Å²) in [6, 6.07) is 27.4. The highest BCUT2D eigenvalue weighted by atomic mass is 16.3. The number of rotatable bonds is 7. The second-order valence-electron chi connectivity index (χ2n) is 8.71. The van der Waals surface area contributed by atoms with E-state index < -0.39 is 6.10 Å². The van der Waals surface area contributed by atoms with Gasteiger partial charge in [0.15, 0.2) is 0 Å².